The highest BCUT2D eigenvalue weighted by Crippen LogP contribution is 2.28. The van der Waals surface area contributed by atoms with Gasteiger partial charge in [0.05, 0.1) is 36.1 Å². The normalized spacial score (nSPS) is 11.3. The summed E-state index contributed by atoms with van der Waals surface area (Å²) in [6.45, 7) is -0.285. The lowest BCUT2D eigenvalue weighted by atomic mass is 10.1. The lowest BCUT2D eigenvalue weighted by molar-refractivity contribution is -0.115. The molecule has 0 aliphatic rings. The van der Waals surface area contributed by atoms with Crippen LogP contribution in [0.3, 0.4) is 0 Å². The summed E-state index contributed by atoms with van der Waals surface area (Å²) < 4.78 is 25.8. The molecule has 2 N–H and O–H groups in total. The summed E-state index contributed by atoms with van der Waals surface area (Å²) in [4.78, 5) is 33.2. The van der Waals surface area contributed by atoms with Crippen LogP contribution in [-0.4, -0.2) is 51.5 Å². The number of imidazole rings is 1. The summed E-state index contributed by atoms with van der Waals surface area (Å²) in [6.07, 6.45) is 7.15. The minimum Gasteiger partial charge on any atom is -0.343 e. The summed E-state index contributed by atoms with van der Waals surface area (Å²) in [6, 6.07) is 9.15. The number of nitrogens with zero attached hydrogens (tertiary/aromatic N) is 4. The predicted molar refractivity (Wildman–Crippen MR) is 125 cm³/mol. The standard InChI is InChI=1S/C21H20N6O4S2/c1-26-11-17(23-13-26)14-4-3-5-15(8-14)18-12-32-21(24-18)25-19(28)9-22-20(29)16-6-7-27(10-16)33(2,30)31/h3-8,10-13H,9H2,1-2H3,(H,22,29)(H,24,25,28). The summed E-state index contributed by atoms with van der Waals surface area (Å²) in [7, 11) is -1.57. The van der Waals surface area contributed by atoms with Crippen LogP contribution in [0.5, 0.6) is 0 Å². The van der Waals surface area contributed by atoms with E-state index in [4.69, 9.17) is 0 Å². The van der Waals surface area contributed by atoms with Crippen molar-refractivity contribution in [3.05, 3.63) is 66.2 Å². The van der Waals surface area contributed by atoms with Gasteiger partial charge < -0.3 is 15.2 Å². The fourth-order valence-electron chi connectivity index (χ4n) is 3.01. The zero-order valence-electron chi connectivity index (χ0n) is 17.7. The molecule has 0 radical (unpaired) electrons. The van der Waals surface area contributed by atoms with E-state index in [9.17, 15) is 18.0 Å². The third-order valence-corrected chi connectivity index (χ3v) is 6.38. The van der Waals surface area contributed by atoms with Crippen LogP contribution >= 0.6 is 11.3 Å². The van der Waals surface area contributed by atoms with Crippen molar-refractivity contribution in [3.63, 3.8) is 0 Å². The van der Waals surface area contributed by atoms with Gasteiger partial charge in [-0.3, -0.25) is 13.6 Å². The highest BCUT2D eigenvalue weighted by Gasteiger charge is 2.14. The minimum atomic E-state index is -3.48. The summed E-state index contributed by atoms with van der Waals surface area (Å²) in [5.41, 5.74) is 3.54. The van der Waals surface area contributed by atoms with Crippen LogP contribution in [0.2, 0.25) is 0 Å². The highest BCUT2D eigenvalue weighted by atomic mass is 32.2. The van der Waals surface area contributed by atoms with Gasteiger partial charge in [0.15, 0.2) is 5.13 Å². The molecular weight excluding hydrogens is 464 g/mol. The van der Waals surface area contributed by atoms with E-state index in [1.54, 1.807) is 6.33 Å². The highest BCUT2D eigenvalue weighted by molar-refractivity contribution is 7.89. The number of carbonyl (C=O) groups excluding carboxylic acids is 2. The van der Waals surface area contributed by atoms with Crippen molar-refractivity contribution >= 4 is 38.3 Å². The number of benzene rings is 1. The molecule has 0 saturated heterocycles. The van der Waals surface area contributed by atoms with E-state index in [-0.39, 0.29) is 12.1 Å². The van der Waals surface area contributed by atoms with Gasteiger partial charge in [0.25, 0.3) is 5.91 Å². The molecule has 10 nitrogen and oxygen atoms in total. The van der Waals surface area contributed by atoms with Gasteiger partial charge in [0.1, 0.15) is 0 Å². The Hall–Kier alpha value is -3.77. The Morgan fingerprint density at radius 2 is 1.88 bits per heavy atom. The van der Waals surface area contributed by atoms with Gasteiger partial charge in [-0.1, -0.05) is 18.2 Å². The number of aryl methyl sites for hydroxylation is 1. The second-order valence-electron chi connectivity index (χ2n) is 7.27. The quantitative estimate of drug-likeness (QED) is 0.414. The number of thiazole rings is 1. The van der Waals surface area contributed by atoms with Gasteiger partial charge in [0, 0.05) is 42.1 Å². The Bertz CT molecular complexity index is 1430. The molecule has 170 valence electrons. The molecule has 12 heteroatoms. The minimum absolute atomic E-state index is 0.137. The van der Waals surface area contributed by atoms with Crippen LogP contribution in [0.4, 0.5) is 5.13 Å². The van der Waals surface area contributed by atoms with Crippen molar-refractivity contribution in [1.29, 1.82) is 0 Å². The van der Waals surface area contributed by atoms with E-state index in [1.165, 1.54) is 29.8 Å². The van der Waals surface area contributed by atoms with Crippen LogP contribution in [0, 0.1) is 0 Å². The second kappa shape index (κ2) is 9.00. The Labute approximate surface area is 194 Å². The fourth-order valence-corrected chi connectivity index (χ4v) is 4.33. The van der Waals surface area contributed by atoms with Gasteiger partial charge >= 0.3 is 0 Å². The molecule has 0 spiro atoms. The van der Waals surface area contributed by atoms with E-state index in [1.807, 2.05) is 47.5 Å². The average molecular weight is 485 g/mol. The van der Waals surface area contributed by atoms with Crippen molar-refractivity contribution < 1.29 is 18.0 Å². The first-order chi connectivity index (χ1) is 15.7. The Kier molecular flexibility index (Phi) is 6.11. The van der Waals surface area contributed by atoms with Gasteiger partial charge in [-0.05, 0) is 12.1 Å². The molecule has 33 heavy (non-hydrogen) atoms. The largest absolute Gasteiger partial charge is 0.343 e. The zero-order chi connectivity index (χ0) is 23.6. The van der Waals surface area contributed by atoms with E-state index >= 15 is 0 Å². The van der Waals surface area contributed by atoms with E-state index < -0.39 is 21.8 Å². The average Bonchev–Trinajstić information content (AvgIpc) is 3.52. The van der Waals surface area contributed by atoms with Crippen LogP contribution in [0.1, 0.15) is 10.4 Å². The number of hydrogen-bond acceptors (Lipinski definition) is 7. The van der Waals surface area contributed by atoms with E-state index in [0.717, 1.165) is 27.0 Å². The molecule has 1 aromatic carbocycles. The molecule has 0 saturated carbocycles. The van der Waals surface area contributed by atoms with Crippen molar-refractivity contribution in [2.75, 3.05) is 18.1 Å². The smallest absolute Gasteiger partial charge is 0.253 e. The lowest BCUT2D eigenvalue weighted by Gasteiger charge is -2.04. The summed E-state index contributed by atoms with van der Waals surface area (Å²) in [5.74, 6) is -1.01. The van der Waals surface area contributed by atoms with Crippen LogP contribution < -0.4 is 10.6 Å². The van der Waals surface area contributed by atoms with Gasteiger partial charge in [-0.25, -0.2) is 18.4 Å². The number of nitrogens with one attached hydrogen (secondary N) is 2. The third kappa shape index (κ3) is 5.35. The Balaban J connectivity index is 1.36. The lowest BCUT2D eigenvalue weighted by Crippen LogP contribution is -2.32. The molecule has 3 heterocycles. The molecule has 3 aromatic heterocycles. The maximum Gasteiger partial charge on any atom is 0.253 e. The van der Waals surface area contributed by atoms with Crippen molar-refractivity contribution in [2.45, 2.75) is 0 Å². The zero-order valence-corrected chi connectivity index (χ0v) is 19.4. The fraction of sp³-hybridized carbons (Fsp3) is 0.143. The Morgan fingerprint density at radius 3 is 2.55 bits per heavy atom. The number of anilines is 1. The first-order valence-electron chi connectivity index (χ1n) is 9.70. The predicted octanol–water partition coefficient (Wildman–Crippen LogP) is 2.19. The SMILES string of the molecule is Cn1cnc(-c2cccc(-c3csc(NC(=O)CNC(=O)c4ccn(S(C)(=O)=O)c4)n3)c2)c1. The maximum absolute atomic E-state index is 12.2. The molecule has 0 fully saturated rings. The van der Waals surface area contributed by atoms with E-state index in [2.05, 4.69) is 20.6 Å². The van der Waals surface area contributed by atoms with Gasteiger partial charge in [-0.2, -0.15) is 0 Å². The molecule has 0 atom stereocenters. The van der Waals surface area contributed by atoms with Crippen LogP contribution in [-0.2, 0) is 21.9 Å². The van der Waals surface area contributed by atoms with Gasteiger partial charge in [0.2, 0.25) is 15.9 Å². The number of amides is 2. The molecule has 4 rings (SSSR count). The second-order valence-corrected chi connectivity index (χ2v) is 10.0. The summed E-state index contributed by atoms with van der Waals surface area (Å²) >= 11 is 1.27. The molecule has 0 aliphatic heterocycles. The number of rotatable bonds is 7. The van der Waals surface area contributed by atoms with Gasteiger partial charge in [-0.15, -0.1) is 11.3 Å². The number of aromatic nitrogens is 4. The molecule has 0 bridgehead atoms. The molecule has 4 aromatic rings. The molecule has 0 unspecified atom stereocenters. The monoisotopic (exact) mass is 484 g/mol. The van der Waals surface area contributed by atoms with Crippen LogP contribution in [0.15, 0.2) is 60.6 Å². The molecule has 0 aliphatic carbocycles. The number of carbonyl (C=O) groups is 2. The topological polar surface area (TPSA) is 128 Å². The van der Waals surface area contributed by atoms with Crippen molar-refractivity contribution in [1.82, 2.24) is 23.8 Å². The Morgan fingerprint density at radius 1 is 1.12 bits per heavy atom. The van der Waals surface area contributed by atoms with Crippen molar-refractivity contribution in [2.24, 2.45) is 7.05 Å². The maximum atomic E-state index is 12.2. The third-order valence-electron chi connectivity index (χ3n) is 4.63. The first-order valence-corrected chi connectivity index (χ1v) is 12.4. The molecular formula is C21H20N6O4S2. The van der Waals surface area contributed by atoms with Crippen LogP contribution in [0.25, 0.3) is 22.5 Å². The van der Waals surface area contributed by atoms with E-state index in [0.29, 0.717) is 10.8 Å². The summed E-state index contributed by atoms with van der Waals surface area (Å²) in [5, 5.41) is 7.35. The number of hydrogen-bond donors (Lipinski definition) is 2. The first kappa shape index (κ1) is 22.4. The van der Waals surface area contributed by atoms with Crippen molar-refractivity contribution in [3.8, 4) is 22.5 Å². The molecule has 2 amide bonds.